The van der Waals surface area contributed by atoms with Crippen molar-refractivity contribution in [3.8, 4) is 33.5 Å². The van der Waals surface area contributed by atoms with E-state index in [-0.39, 0.29) is 0 Å². The standard InChI is InChI=1S/C54H33N4OS/c1-3-12-35(13-4-1)50-51-49(41-16-7-9-19-44(41)55-50)43-32-39(30-31-47(43)60-51)33-22-26-37(27-23-33)53-56-52(36-14-5-2-6-15-36)57-54(58-53)38-28-24-34(25-29-38)40-18-11-21-46-48(40)42-17-8-10-20-45(42)59-46/h1-32,52H/q-1. The number of amidine groups is 2. The predicted molar refractivity (Wildman–Crippen MR) is 250 cm³/mol. The average molecular weight is 786 g/mol. The van der Waals surface area contributed by atoms with Crippen LogP contribution < -0.4 is 0 Å². The molecule has 60 heavy (non-hydrogen) atoms. The number of para-hydroxylation sites is 2. The van der Waals surface area contributed by atoms with Crippen LogP contribution in [0.15, 0.2) is 209 Å². The number of nitrogens with zero attached hydrogens (tertiary/aromatic N) is 4. The van der Waals surface area contributed by atoms with Gasteiger partial charge in [-0.2, -0.15) is 0 Å². The summed E-state index contributed by atoms with van der Waals surface area (Å²) < 4.78 is 8.64. The summed E-state index contributed by atoms with van der Waals surface area (Å²) >= 11 is 1.81. The van der Waals surface area contributed by atoms with Crippen molar-refractivity contribution in [2.24, 2.45) is 9.98 Å². The maximum Gasteiger partial charge on any atom is 0.136 e. The van der Waals surface area contributed by atoms with Gasteiger partial charge in [0, 0.05) is 37.2 Å². The Bertz CT molecular complexity index is 3490. The summed E-state index contributed by atoms with van der Waals surface area (Å²) in [7, 11) is 0. The Hall–Kier alpha value is -7.67. The van der Waals surface area contributed by atoms with Crippen molar-refractivity contribution in [1.29, 1.82) is 0 Å². The number of furan rings is 1. The zero-order valence-electron chi connectivity index (χ0n) is 32.2. The third kappa shape index (κ3) is 5.80. The van der Waals surface area contributed by atoms with Crippen LogP contribution in [0.3, 0.4) is 0 Å². The fraction of sp³-hybridized carbons (Fsp3) is 0.0185. The Labute approximate surface area is 349 Å². The molecule has 1 unspecified atom stereocenters. The minimum atomic E-state index is -0.418. The van der Waals surface area contributed by atoms with Crippen LogP contribution in [0.5, 0.6) is 0 Å². The van der Waals surface area contributed by atoms with Crippen LogP contribution in [0.25, 0.3) is 91.8 Å². The van der Waals surface area contributed by atoms with Gasteiger partial charge in [-0.15, -0.1) is 11.3 Å². The Balaban J connectivity index is 0.908. The second kappa shape index (κ2) is 14.0. The lowest BCUT2D eigenvalue weighted by Crippen LogP contribution is -2.15. The van der Waals surface area contributed by atoms with E-state index in [0.717, 1.165) is 77.7 Å². The number of benzene rings is 8. The minimum Gasteiger partial charge on any atom is -0.456 e. The molecule has 0 spiro atoms. The van der Waals surface area contributed by atoms with Crippen molar-refractivity contribution in [1.82, 2.24) is 4.98 Å². The molecule has 0 radical (unpaired) electrons. The number of aromatic nitrogens is 1. The average Bonchev–Trinajstić information content (AvgIpc) is 3.91. The molecule has 0 saturated carbocycles. The number of pyridine rings is 1. The third-order valence-corrected chi connectivity index (χ3v) is 12.7. The van der Waals surface area contributed by atoms with Crippen LogP contribution >= 0.6 is 11.3 Å². The molecule has 0 saturated heterocycles. The van der Waals surface area contributed by atoms with Crippen LogP contribution in [0.4, 0.5) is 0 Å². The molecular weight excluding hydrogens is 753 g/mol. The van der Waals surface area contributed by atoms with Gasteiger partial charge in [0.05, 0.1) is 27.9 Å². The maximum atomic E-state index is 6.19. The number of fused-ring (bicyclic) bond motifs is 8. The molecule has 1 aliphatic rings. The third-order valence-electron chi connectivity index (χ3n) is 11.5. The second-order valence-electron chi connectivity index (χ2n) is 15.1. The summed E-state index contributed by atoms with van der Waals surface area (Å²) in [6.45, 7) is 0. The molecule has 8 aromatic carbocycles. The Morgan fingerprint density at radius 3 is 1.98 bits per heavy atom. The van der Waals surface area contributed by atoms with Gasteiger partial charge < -0.3 is 14.7 Å². The highest BCUT2D eigenvalue weighted by Gasteiger charge is 2.18. The van der Waals surface area contributed by atoms with E-state index >= 15 is 0 Å². The highest BCUT2D eigenvalue weighted by atomic mass is 32.1. The molecule has 282 valence electrons. The topological polar surface area (TPSA) is 64.8 Å². The number of rotatable bonds is 6. The number of hydrogen-bond donors (Lipinski definition) is 0. The van der Waals surface area contributed by atoms with E-state index in [1.165, 1.54) is 25.6 Å². The first-order valence-electron chi connectivity index (χ1n) is 20.1. The van der Waals surface area contributed by atoms with E-state index in [0.29, 0.717) is 11.7 Å². The molecule has 11 aromatic rings. The molecule has 1 atom stereocenters. The summed E-state index contributed by atoms with van der Waals surface area (Å²) in [5, 5.41) is 11.0. The lowest BCUT2D eigenvalue weighted by Gasteiger charge is -2.32. The lowest BCUT2D eigenvalue weighted by atomic mass is 9.98. The van der Waals surface area contributed by atoms with E-state index in [9.17, 15) is 0 Å². The second-order valence-corrected chi connectivity index (χ2v) is 16.1. The van der Waals surface area contributed by atoms with Crippen molar-refractivity contribution >= 4 is 76.0 Å². The van der Waals surface area contributed by atoms with Gasteiger partial charge in [0.25, 0.3) is 0 Å². The van der Waals surface area contributed by atoms with E-state index in [1.54, 1.807) is 0 Å². The summed E-state index contributed by atoms with van der Waals surface area (Å²) in [6.07, 6.45) is -0.418. The number of hydrogen-bond acceptors (Lipinski definition) is 5. The molecule has 0 N–H and O–H groups in total. The molecule has 1 aliphatic heterocycles. The minimum absolute atomic E-state index is 0.418. The highest BCUT2D eigenvalue weighted by Crippen LogP contribution is 2.44. The summed E-state index contributed by atoms with van der Waals surface area (Å²) in [5.41, 5.74) is 12.3. The smallest absolute Gasteiger partial charge is 0.136 e. The van der Waals surface area contributed by atoms with Crippen LogP contribution in [-0.2, 0) is 0 Å². The van der Waals surface area contributed by atoms with E-state index in [2.05, 4.69) is 158 Å². The first-order chi connectivity index (χ1) is 29.7. The zero-order chi connectivity index (χ0) is 39.6. The van der Waals surface area contributed by atoms with Crippen LogP contribution in [0, 0.1) is 0 Å². The summed E-state index contributed by atoms with van der Waals surface area (Å²) in [4.78, 5) is 15.4. The largest absolute Gasteiger partial charge is 0.456 e. The quantitative estimate of drug-likeness (QED) is 0.168. The van der Waals surface area contributed by atoms with Gasteiger partial charge in [0.15, 0.2) is 0 Å². The van der Waals surface area contributed by atoms with Crippen LogP contribution in [-0.4, -0.2) is 16.7 Å². The molecule has 0 aliphatic carbocycles. The van der Waals surface area contributed by atoms with Gasteiger partial charge in [0.2, 0.25) is 0 Å². The molecule has 0 fully saturated rings. The van der Waals surface area contributed by atoms with Gasteiger partial charge >= 0.3 is 0 Å². The fourth-order valence-electron chi connectivity index (χ4n) is 8.55. The molecule has 0 amide bonds. The van der Waals surface area contributed by atoms with Crippen molar-refractivity contribution in [3.05, 3.63) is 216 Å². The first-order valence-corrected chi connectivity index (χ1v) is 20.9. The van der Waals surface area contributed by atoms with Gasteiger partial charge in [-0.3, -0.25) is 4.99 Å². The summed E-state index contributed by atoms with van der Waals surface area (Å²) in [6, 6.07) is 67.6. The van der Waals surface area contributed by atoms with E-state index in [4.69, 9.17) is 24.7 Å². The van der Waals surface area contributed by atoms with Crippen molar-refractivity contribution < 1.29 is 4.42 Å². The van der Waals surface area contributed by atoms with Crippen molar-refractivity contribution in [2.45, 2.75) is 6.17 Å². The molecule has 12 rings (SSSR count). The monoisotopic (exact) mass is 785 g/mol. The Morgan fingerprint density at radius 2 is 1.15 bits per heavy atom. The lowest BCUT2D eigenvalue weighted by molar-refractivity contribution is 0.669. The maximum absolute atomic E-state index is 6.19. The molecule has 6 heteroatoms. The first kappa shape index (κ1) is 34.4. The predicted octanol–water partition coefficient (Wildman–Crippen LogP) is 14.8. The summed E-state index contributed by atoms with van der Waals surface area (Å²) in [5.74, 6) is 1.31. The highest BCUT2D eigenvalue weighted by molar-refractivity contribution is 7.26. The molecular formula is C54H33N4OS-. The van der Waals surface area contributed by atoms with Gasteiger partial charge in [-0.05, 0) is 69.3 Å². The fourth-order valence-corrected chi connectivity index (χ4v) is 9.76. The van der Waals surface area contributed by atoms with Crippen LogP contribution in [0.2, 0.25) is 0 Å². The zero-order valence-corrected chi connectivity index (χ0v) is 33.0. The molecule has 3 aromatic heterocycles. The van der Waals surface area contributed by atoms with Gasteiger partial charge in [-0.25, -0.2) is 4.98 Å². The Morgan fingerprint density at radius 1 is 0.483 bits per heavy atom. The van der Waals surface area contributed by atoms with Gasteiger partial charge in [0.1, 0.15) is 11.2 Å². The SMILES string of the molecule is c1ccc(-c2nc3ccccc3c3c2sc2ccc(-c4ccc(C5=NC(c6ccccc6)[N-]C(c6ccc(-c7cccc8oc9ccccc9c78)cc6)=N5)cc4)cc23)cc1. The number of thiophene rings is 1. The van der Waals surface area contributed by atoms with Crippen molar-refractivity contribution in [2.75, 3.05) is 0 Å². The van der Waals surface area contributed by atoms with E-state index in [1.807, 2.05) is 47.7 Å². The van der Waals surface area contributed by atoms with Gasteiger partial charge in [-0.1, -0.05) is 170 Å². The molecule has 0 bridgehead atoms. The van der Waals surface area contributed by atoms with Crippen molar-refractivity contribution in [3.63, 3.8) is 0 Å². The number of aliphatic imine (C=N–C) groups is 2. The van der Waals surface area contributed by atoms with Crippen LogP contribution in [0.1, 0.15) is 22.9 Å². The Kier molecular flexibility index (Phi) is 8.03. The molecule has 4 heterocycles. The normalized spacial score (nSPS) is 14.2. The molecule has 5 nitrogen and oxygen atoms in total. The van der Waals surface area contributed by atoms with E-state index < -0.39 is 6.17 Å².